The second-order valence-electron chi connectivity index (χ2n) is 2.82. The van der Waals surface area contributed by atoms with Gasteiger partial charge in [0.15, 0.2) is 0 Å². The maximum absolute atomic E-state index is 5.33. The summed E-state index contributed by atoms with van der Waals surface area (Å²) in [5.74, 6) is 1.05. The van der Waals surface area contributed by atoms with Crippen LogP contribution in [0.3, 0.4) is 0 Å². The molecule has 66 valence electrons. The molecule has 1 heterocycles. The molecule has 0 saturated heterocycles. The minimum Gasteiger partial charge on any atom is -0.358 e. The highest BCUT2D eigenvalue weighted by molar-refractivity contribution is 5.19. The highest BCUT2D eigenvalue weighted by Gasteiger charge is 2.21. The number of rotatable bonds is 4. The Kier molecular flexibility index (Phi) is 1.95. The number of anilines is 1. The van der Waals surface area contributed by atoms with Gasteiger partial charge in [0.25, 0.3) is 5.95 Å². The van der Waals surface area contributed by atoms with E-state index in [1.165, 1.54) is 12.8 Å². The summed E-state index contributed by atoms with van der Waals surface area (Å²) in [7, 11) is 0. The standard InChI is InChI=1S/C7H11N3O2/c1-5-9-7(10-12-5)8-4-11-6-2-3-6/h6H,2-4H2,1H3,(H,8,10). The van der Waals surface area contributed by atoms with Crippen LogP contribution in [0.4, 0.5) is 5.95 Å². The van der Waals surface area contributed by atoms with E-state index in [-0.39, 0.29) is 0 Å². The van der Waals surface area contributed by atoms with E-state index in [0.29, 0.717) is 24.7 Å². The fourth-order valence-electron chi connectivity index (χ4n) is 0.830. The van der Waals surface area contributed by atoms with Gasteiger partial charge in [-0.2, -0.15) is 4.98 Å². The Balaban J connectivity index is 1.71. The van der Waals surface area contributed by atoms with Gasteiger partial charge < -0.3 is 14.6 Å². The quantitative estimate of drug-likeness (QED) is 0.679. The van der Waals surface area contributed by atoms with Crippen LogP contribution in [0.5, 0.6) is 0 Å². The summed E-state index contributed by atoms with van der Waals surface area (Å²) in [4.78, 5) is 3.96. The lowest BCUT2D eigenvalue weighted by atomic mass is 10.8. The maximum atomic E-state index is 5.33. The van der Waals surface area contributed by atoms with Crippen LogP contribution in [0.1, 0.15) is 18.7 Å². The van der Waals surface area contributed by atoms with Gasteiger partial charge in [0, 0.05) is 6.92 Å². The molecule has 0 aromatic carbocycles. The third kappa shape index (κ3) is 1.94. The lowest BCUT2D eigenvalue weighted by Gasteiger charge is -2.00. The first-order chi connectivity index (χ1) is 5.84. The number of hydrogen-bond donors (Lipinski definition) is 1. The summed E-state index contributed by atoms with van der Waals surface area (Å²) < 4.78 is 10.1. The first kappa shape index (κ1) is 7.54. The van der Waals surface area contributed by atoms with Gasteiger partial charge in [-0.15, -0.1) is 0 Å². The van der Waals surface area contributed by atoms with Crippen molar-refractivity contribution in [2.24, 2.45) is 0 Å². The van der Waals surface area contributed by atoms with Crippen LogP contribution in [0.2, 0.25) is 0 Å². The second-order valence-corrected chi connectivity index (χ2v) is 2.82. The molecule has 0 bridgehead atoms. The van der Waals surface area contributed by atoms with E-state index in [0.717, 1.165) is 0 Å². The molecule has 1 fully saturated rings. The minimum atomic E-state index is 0.450. The number of aryl methyl sites for hydroxylation is 1. The lowest BCUT2D eigenvalue weighted by molar-refractivity contribution is 0.136. The zero-order valence-corrected chi connectivity index (χ0v) is 6.91. The van der Waals surface area contributed by atoms with E-state index in [9.17, 15) is 0 Å². The third-order valence-electron chi connectivity index (χ3n) is 1.60. The first-order valence-corrected chi connectivity index (χ1v) is 4.00. The van der Waals surface area contributed by atoms with E-state index < -0.39 is 0 Å². The molecule has 1 N–H and O–H groups in total. The first-order valence-electron chi connectivity index (χ1n) is 4.00. The summed E-state index contributed by atoms with van der Waals surface area (Å²) in [6, 6.07) is 0. The van der Waals surface area contributed by atoms with Crippen molar-refractivity contribution in [3.05, 3.63) is 5.89 Å². The largest absolute Gasteiger partial charge is 0.358 e. The van der Waals surface area contributed by atoms with Gasteiger partial charge in [-0.1, -0.05) is 0 Å². The summed E-state index contributed by atoms with van der Waals surface area (Å²) in [5, 5.41) is 6.55. The molecular weight excluding hydrogens is 158 g/mol. The molecule has 0 radical (unpaired) electrons. The predicted octanol–water partition coefficient (Wildman–Crippen LogP) is 0.926. The molecule has 12 heavy (non-hydrogen) atoms. The SMILES string of the molecule is Cc1nc(NCOC2CC2)no1. The number of nitrogens with zero attached hydrogens (tertiary/aromatic N) is 2. The van der Waals surface area contributed by atoms with Crippen LogP contribution in [0.15, 0.2) is 4.52 Å². The highest BCUT2D eigenvalue weighted by atomic mass is 16.5. The van der Waals surface area contributed by atoms with E-state index >= 15 is 0 Å². The molecule has 5 nitrogen and oxygen atoms in total. The fraction of sp³-hybridized carbons (Fsp3) is 0.714. The molecule has 1 saturated carbocycles. The van der Waals surface area contributed by atoms with E-state index in [2.05, 4.69) is 15.5 Å². The molecule has 1 aromatic rings. The van der Waals surface area contributed by atoms with Gasteiger partial charge in [0.05, 0.1) is 6.10 Å². The molecule has 0 unspecified atom stereocenters. The Bertz CT molecular complexity index is 257. The lowest BCUT2D eigenvalue weighted by Crippen LogP contribution is -2.08. The summed E-state index contributed by atoms with van der Waals surface area (Å²) in [5.41, 5.74) is 0. The zero-order valence-electron chi connectivity index (χ0n) is 6.91. The number of hydrogen-bond acceptors (Lipinski definition) is 5. The van der Waals surface area contributed by atoms with Crippen molar-refractivity contribution in [1.29, 1.82) is 0 Å². The Morgan fingerprint density at radius 2 is 2.50 bits per heavy atom. The molecule has 0 atom stereocenters. The van der Waals surface area contributed by atoms with Crippen LogP contribution in [-0.4, -0.2) is 23.0 Å². The van der Waals surface area contributed by atoms with Crippen molar-refractivity contribution in [3.8, 4) is 0 Å². The molecule has 1 aliphatic rings. The van der Waals surface area contributed by atoms with E-state index in [4.69, 9.17) is 9.26 Å². The molecule has 0 spiro atoms. The van der Waals surface area contributed by atoms with Gasteiger partial charge in [-0.25, -0.2) is 0 Å². The molecule has 1 aliphatic carbocycles. The Labute approximate surface area is 70.1 Å². The van der Waals surface area contributed by atoms with Gasteiger partial charge in [-0.05, 0) is 18.0 Å². The van der Waals surface area contributed by atoms with Crippen molar-refractivity contribution in [2.45, 2.75) is 25.9 Å². The van der Waals surface area contributed by atoms with Crippen molar-refractivity contribution >= 4 is 5.95 Å². The fourth-order valence-corrected chi connectivity index (χ4v) is 0.830. The van der Waals surface area contributed by atoms with Crippen molar-refractivity contribution < 1.29 is 9.26 Å². The Morgan fingerprint density at radius 1 is 1.67 bits per heavy atom. The molecule has 0 aliphatic heterocycles. The van der Waals surface area contributed by atoms with Gasteiger partial charge >= 0.3 is 0 Å². The minimum absolute atomic E-state index is 0.450. The average molecular weight is 169 g/mol. The summed E-state index contributed by atoms with van der Waals surface area (Å²) in [6.45, 7) is 2.21. The normalized spacial score (nSPS) is 16.4. The highest BCUT2D eigenvalue weighted by Crippen LogP contribution is 2.22. The Morgan fingerprint density at radius 3 is 3.08 bits per heavy atom. The smallest absolute Gasteiger partial charge is 0.265 e. The van der Waals surface area contributed by atoms with Gasteiger partial charge in [0.2, 0.25) is 5.89 Å². The van der Waals surface area contributed by atoms with Crippen molar-refractivity contribution in [3.63, 3.8) is 0 Å². The van der Waals surface area contributed by atoms with Crippen LogP contribution in [0.25, 0.3) is 0 Å². The monoisotopic (exact) mass is 169 g/mol. The maximum Gasteiger partial charge on any atom is 0.265 e. The number of nitrogens with one attached hydrogen (secondary N) is 1. The topological polar surface area (TPSA) is 60.2 Å². The summed E-state index contributed by atoms with van der Waals surface area (Å²) >= 11 is 0. The van der Waals surface area contributed by atoms with E-state index in [1.54, 1.807) is 6.92 Å². The molecule has 0 amide bonds. The van der Waals surface area contributed by atoms with Crippen LogP contribution in [-0.2, 0) is 4.74 Å². The van der Waals surface area contributed by atoms with Gasteiger partial charge in [0.1, 0.15) is 6.73 Å². The number of aromatic nitrogens is 2. The van der Waals surface area contributed by atoms with Crippen LogP contribution < -0.4 is 5.32 Å². The van der Waals surface area contributed by atoms with Crippen LogP contribution in [0, 0.1) is 6.92 Å². The number of ether oxygens (including phenoxy) is 1. The Hall–Kier alpha value is -1.10. The zero-order chi connectivity index (χ0) is 8.39. The average Bonchev–Trinajstić information content (AvgIpc) is 2.76. The van der Waals surface area contributed by atoms with Crippen LogP contribution >= 0.6 is 0 Å². The summed E-state index contributed by atoms with van der Waals surface area (Å²) in [6.07, 6.45) is 2.80. The van der Waals surface area contributed by atoms with Gasteiger partial charge in [-0.3, -0.25) is 0 Å². The molecule has 2 rings (SSSR count). The van der Waals surface area contributed by atoms with Crippen molar-refractivity contribution in [2.75, 3.05) is 12.0 Å². The van der Waals surface area contributed by atoms with E-state index in [1.807, 2.05) is 0 Å². The van der Waals surface area contributed by atoms with Crippen molar-refractivity contribution in [1.82, 2.24) is 10.1 Å². The molecule has 1 aromatic heterocycles. The molecular formula is C7H11N3O2. The predicted molar refractivity (Wildman–Crippen MR) is 41.6 cm³/mol. The molecule has 5 heteroatoms. The second kappa shape index (κ2) is 3.10. The third-order valence-corrected chi connectivity index (χ3v) is 1.60.